The lowest BCUT2D eigenvalue weighted by Crippen LogP contribution is -2.31. The van der Waals surface area contributed by atoms with Gasteiger partial charge in [0.15, 0.2) is 8.29 Å². The third-order valence-corrected chi connectivity index (χ3v) is 4.44. The van der Waals surface area contributed by atoms with Crippen LogP contribution in [0.3, 0.4) is 0 Å². The van der Waals surface area contributed by atoms with Gasteiger partial charge in [0.05, 0.1) is 0 Å². The molecule has 1 heterocycles. The summed E-state index contributed by atoms with van der Waals surface area (Å²) in [5.41, 5.74) is 0. The van der Waals surface area contributed by atoms with E-state index in [1.807, 2.05) is 28.1 Å². The van der Waals surface area contributed by atoms with Crippen LogP contribution in [0.5, 0.6) is 0 Å². The highest BCUT2D eigenvalue weighted by Crippen LogP contribution is 2.35. The van der Waals surface area contributed by atoms with Crippen molar-refractivity contribution in [1.29, 1.82) is 0 Å². The van der Waals surface area contributed by atoms with Gasteiger partial charge in [0.2, 0.25) is 0 Å². The lowest BCUT2D eigenvalue weighted by molar-refractivity contribution is -0.137. The Morgan fingerprint density at radius 2 is 2.41 bits per heavy atom. The van der Waals surface area contributed by atoms with Crippen LogP contribution >= 0.6 is 35.3 Å². The molecule has 0 aliphatic rings. The van der Waals surface area contributed by atoms with Crippen LogP contribution in [0, 0.1) is 3.95 Å². The fraction of sp³-hybridized carbons (Fsp3) is 0.667. The van der Waals surface area contributed by atoms with Crippen molar-refractivity contribution in [3.8, 4) is 0 Å². The number of aliphatic carboxylic acids is 1. The topological polar surface area (TPSA) is 66.0 Å². The number of nitrogens with one attached hydrogen (secondary N) is 1. The van der Waals surface area contributed by atoms with E-state index in [-0.39, 0.29) is 4.65 Å². The molecule has 0 aliphatic carbocycles. The number of H-pyrrole nitrogens is 1. The average Bonchev–Trinajstić information content (AvgIpc) is 2.59. The standard InChI is InChI=1S/C9H14BN2O2S3/c1-4-5(6(13)14)10-9(2,3)17-8-12-11-7(15)16-8/h5H,4H2,1-3H3,(H,11,15)(H,13,14). The number of carboxylic acids is 1. The third kappa shape index (κ3) is 4.81. The molecule has 1 aromatic rings. The van der Waals surface area contributed by atoms with Gasteiger partial charge < -0.3 is 5.11 Å². The molecule has 1 rings (SSSR count). The number of carbonyl (C=O) groups is 1. The summed E-state index contributed by atoms with van der Waals surface area (Å²) in [6.07, 6.45) is 0.593. The van der Waals surface area contributed by atoms with Crippen LogP contribution in [-0.4, -0.2) is 33.2 Å². The van der Waals surface area contributed by atoms with Crippen molar-refractivity contribution < 1.29 is 9.90 Å². The van der Waals surface area contributed by atoms with E-state index in [1.54, 1.807) is 0 Å². The minimum atomic E-state index is -0.782. The molecule has 0 aromatic carbocycles. The predicted molar refractivity (Wildman–Crippen MR) is 74.7 cm³/mol. The summed E-state index contributed by atoms with van der Waals surface area (Å²) in [6, 6.07) is 0. The minimum Gasteiger partial charge on any atom is -0.482 e. The molecule has 4 nitrogen and oxygen atoms in total. The molecule has 1 radical (unpaired) electrons. The van der Waals surface area contributed by atoms with Crippen molar-refractivity contribution in [1.82, 2.24) is 10.2 Å². The molecule has 0 fully saturated rings. The van der Waals surface area contributed by atoms with Gasteiger partial charge in [-0.2, -0.15) is 5.10 Å². The van der Waals surface area contributed by atoms with E-state index in [9.17, 15) is 4.79 Å². The number of carboxylic acid groups (broad SMARTS) is 1. The van der Waals surface area contributed by atoms with E-state index in [1.165, 1.54) is 23.1 Å². The van der Waals surface area contributed by atoms with Gasteiger partial charge in [0.25, 0.3) is 5.97 Å². The van der Waals surface area contributed by atoms with Crippen molar-refractivity contribution in [3.63, 3.8) is 0 Å². The molecule has 1 unspecified atom stereocenters. The molecule has 93 valence electrons. The Labute approximate surface area is 114 Å². The first-order valence-electron chi connectivity index (χ1n) is 5.17. The third-order valence-electron chi connectivity index (χ3n) is 2.13. The van der Waals surface area contributed by atoms with Crippen molar-refractivity contribution >= 4 is 48.6 Å². The molecule has 1 atom stereocenters. The second kappa shape index (κ2) is 6.02. The van der Waals surface area contributed by atoms with Gasteiger partial charge in [-0.15, -0.1) is 0 Å². The second-order valence-corrected chi connectivity index (χ2v) is 7.67. The minimum absolute atomic E-state index is 0.285. The van der Waals surface area contributed by atoms with Crippen molar-refractivity contribution in [2.75, 3.05) is 0 Å². The molecule has 2 N–H and O–H groups in total. The highest BCUT2D eigenvalue weighted by atomic mass is 32.2. The second-order valence-electron chi connectivity index (χ2n) is 4.10. The van der Waals surface area contributed by atoms with Crippen LogP contribution in [0.1, 0.15) is 27.2 Å². The van der Waals surface area contributed by atoms with Crippen LogP contribution in [0.25, 0.3) is 0 Å². The van der Waals surface area contributed by atoms with E-state index in [0.29, 0.717) is 10.4 Å². The Morgan fingerprint density at radius 3 is 2.82 bits per heavy atom. The first-order valence-corrected chi connectivity index (χ1v) is 7.21. The van der Waals surface area contributed by atoms with Gasteiger partial charge >= 0.3 is 0 Å². The summed E-state index contributed by atoms with van der Waals surface area (Å²) in [5.74, 6) is -1.21. The lowest BCUT2D eigenvalue weighted by atomic mass is 9.54. The van der Waals surface area contributed by atoms with E-state index < -0.39 is 11.8 Å². The maximum Gasteiger partial charge on any atom is 0.298 e. The molecular formula is C9H14BN2O2S3. The maximum absolute atomic E-state index is 11.0. The van der Waals surface area contributed by atoms with Gasteiger partial charge in [-0.3, -0.25) is 9.89 Å². The van der Waals surface area contributed by atoms with Crippen LogP contribution in [0.2, 0.25) is 5.82 Å². The number of thioether (sulfide) groups is 1. The van der Waals surface area contributed by atoms with E-state index in [4.69, 9.17) is 17.3 Å². The van der Waals surface area contributed by atoms with Crippen LogP contribution in [0.15, 0.2) is 4.34 Å². The zero-order valence-corrected chi connectivity index (χ0v) is 12.3. The van der Waals surface area contributed by atoms with Crippen LogP contribution in [0.4, 0.5) is 0 Å². The lowest BCUT2D eigenvalue weighted by Gasteiger charge is -2.24. The van der Waals surface area contributed by atoms with E-state index >= 15 is 0 Å². The monoisotopic (exact) mass is 289 g/mol. The zero-order chi connectivity index (χ0) is 13.1. The van der Waals surface area contributed by atoms with Gasteiger partial charge in [-0.05, 0) is 16.9 Å². The number of rotatable bonds is 6. The molecule has 0 aliphatic heterocycles. The number of nitrogens with zero attached hydrogens (tertiary/aromatic N) is 1. The summed E-state index contributed by atoms with van der Waals surface area (Å²) in [6.45, 7) is 5.83. The Kier molecular flexibility index (Phi) is 5.21. The van der Waals surface area contributed by atoms with Crippen LogP contribution < -0.4 is 0 Å². The number of hydrogen-bond acceptors (Lipinski definition) is 5. The largest absolute Gasteiger partial charge is 0.482 e. The molecule has 0 bridgehead atoms. The number of hydrogen-bond donors (Lipinski definition) is 2. The molecular weight excluding hydrogens is 275 g/mol. The summed E-state index contributed by atoms with van der Waals surface area (Å²) < 4.78 is 1.18. The van der Waals surface area contributed by atoms with Crippen molar-refractivity contribution in [2.24, 2.45) is 0 Å². The Bertz CT molecular complexity index is 443. The summed E-state index contributed by atoms with van der Waals surface area (Å²) in [4.78, 5) is 11.0. The normalized spacial score (nSPS) is 13.4. The summed E-state index contributed by atoms with van der Waals surface area (Å²) in [5, 5.41) is 15.8. The predicted octanol–water partition coefficient (Wildman–Crippen LogP) is 3.02. The van der Waals surface area contributed by atoms with Gasteiger partial charge in [0, 0.05) is 5.82 Å². The SMILES string of the molecule is CCC([B]C(C)(C)Sc1n[nH]c(=S)s1)C(=O)O. The highest BCUT2D eigenvalue weighted by molar-refractivity contribution is 8.03. The average molecular weight is 289 g/mol. The number of aromatic amines is 1. The van der Waals surface area contributed by atoms with E-state index in [2.05, 4.69) is 10.2 Å². The summed E-state index contributed by atoms with van der Waals surface area (Å²) >= 11 is 7.88. The first-order chi connectivity index (χ1) is 7.84. The molecule has 8 heteroatoms. The highest BCUT2D eigenvalue weighted by Gasteiger charge is 2.30. The maximum atomic E-state index is 11.0. The quantitative estimate of drug-likeness (QED) is 0.479. The number of aromatic nitrogens is 2. The zero-order valence-electron chi connectivity index (χ0n) is 9.89. The van der Waals surface area contributed by atoms with E-state index in [0.717, 1.165) is 4.34 Å². The molecule has 0 saturated carbocycles. The molecule has 17 heavy (non-hydrogen) atoms. The first kappa shape index (κ1) is 14.7. The Hall–Kier alpha value is -0.335. The van der Waals surface area contributed by atoms with Crippen molar-refractivity contribution in [2.45, 2.75) is 42.0 Å². The fourth-order valence-corrected chi connectivity index (χ4v) is 3.98. The Morgan fingerprint density at radius 1 is 1.76 bits per heavy atom. The van der Waals surface area contributed by atoms with Crippen LogP contribution in [-0.2, 0) is 4.79 Å². The molecule has 0 amide bonds. The molecule has 0 spiro atoms. The van der Waals surface area contributed by atoms with Crippen molar-refractivity contribution in [3.05, 3.63) is 3.95 Å². The molecule has 1 aromatic heterocycles. The van der Waals surface area contributed by atoms with Gasteiger partial charge in [0.1, 0.15) is 7.28 Å². The fourth-order valence-electron chi connectivity index (χ4n) is 1.37. The van der Waals surface area contributed by atoms with Gasteiger partial charge in [-0.1, -0.05) is 50.3 Å². The summed E-state index contributed by atoms with van der Waals surface area (Å²) in [7, 11) is 1.85. The Balaban J connectivity index is 2.67. The van der Waals surface area contributed by atoms with Gasteiger partial charge in [-0.25, -0.2) is 0 Å². The molecule has 0 saturated heterocycles. The smallest absolute Gasteiger partial charge is 0.298 e.